The van der Waals surface area contributed by atoms with E-state index in [9.17, 15) is 4.79 Å². The average Bonchev–Trinajstić information content (AvgIpc) is 2.17. The van der Waals surface area contributed by atoms with Gasteiger partial charge in [-0.05, 0) is 18.6 Å². The molecule has 0 radical (unpaired) electrons. The van der Waals surface area contributed by atoms with Crippen LogP contribution in [-0.4, -0.2) is 12.1 Å². The Balaban J connectivity index is 2.97. The van der Waals surface area contributed by atoms with Gasteiger partial charge in [0.2, 0.25) is 5.56 Å². The van der Waals surface area contributed by atoms with E-state index in [2.05, 4.69) is 4.98 Å². The highest BCUT2D eigenvalue weighted by atomic mass is 16.5. The summed E-state index contributed by atoms with van der Waals surface area (Å²) in [4.78, 5) is 14.1. The van der Waals surface area contributed by atoms with Crippen LogP contribution in [0.1, 0.15) is 5.56 Å². The third kappa shape index (κ3) is 1.44. The van der Waals surface area contributed by atoms with E-state index in [1.165, 1.54) is 7.11 Å². The molecule has 0 atom stereocenters. The van der Waals surface area contributed by atoms with Gasteiger partial charge in [0.15, 0.2) is 5.75 Å². The third-order valence-electron chi connectivity index (χ3n) is 2.41. The van der Waals surface area contributed by atoms with Crippen molar-refractivity contribution in [3.05, 3.63) is 34.1 Å². The van der Waals surface area contributed by atoms with E-state index in [1.54, 1.807) is 12.1 Å². The summed E-state index contributed by atoms with van der Waals surface area (Å²) < 4.78 is 5.17. The molecule has 0 saturated carbocycles. The lowest BCUT2D eigenvalue weighted by Crippen LogP contribution is -2.06. The van der Waals surface area contributed by atoms with Gasteiger partial charge in [0.05, 0.1) is 18.3 Å². The zero-order valence-corrected chi connectivity index (χ0v) is 8.63. The first-order valence-electron chi connectivity index (χ1n) is 4.59. The zero-order chi connectivity index (χ0) is 11.0. The molecule has 1 aromatic heterocycles. The van der Waals surface area contributed by atoms with Gasteiger partial charge in [-0.1, -0.05) is 6.07 Å². The lowest BCUT2D eigenvalue weighted by molar-refractivity contribution is 0.421. The second-order valence-corrected chi connectivity index (χ2v) is 3.43. The number of benzene rings is 1. The Bertz CT molecular complexity index is 573. The number of nitrogens with one attached hydrogen (secondary N) is 1. The number of anilines is 1. The third-order valence-corrected chi connectivity index (χ3v) is 2.41. The molecule has 4 heteroatoms. The molecule has 1 aromatic carbocycles. The predicted molar refractivity (Wildman–Crippen MR) is 60.3 cm³/mol. The molecule has 2 aromatic rings. The van der Waals surface area contributed by atoms with E-state index in [1.807, 2.05) is 13.0 Å². The minimum Gasteiger partial charge on any atom is -0.492 e. The molecule has 0 amide bonds. The highest BCUT2D eigenvalue weighted by molar-refractivity contribution is 5.91. The van der Waals surface area contributed by atoms with Crippen molar-refractivity contribution in [3.63, 3.8) is 0 Å². The Labute approximate surface area is 86.7 Å². The van der Waals surface area contributed by atoms with E-state index in [0.29, 0.717) is 17.0 Å². The normalized spacial score (nSPS) is 10.5. The van der Waals surface area contributed by atoms with Gasteiger partial charge in [0.1, 0.15) is 0 Å². The minimum absolute atomic E-state index is 0.149. The van der Waals surface area contributed by atoms with Crippen LogP contribution in [-0.2, 0) is 0 Å². The highest BCUT2D eigenvalue weighted by Crippen LogP contribution is 2.30. The van der Waals surface area contributed by atoms with Crippen molar-refractivity contribution in [2.45, 2.75) is 6.92 Å². The monoisotopic (exact) mass is 204 g/mol. The van der Waals surface area contributed by atoms with Crippen LogP contribution in [0.4, 0.5) is 5.69 Å². The zero-order valence-electron chi connectivity index (χ0n) is 8.63. The molecule has 4 nitrogen and oxygen atoms in total. The maximum Gasteiger partial charge on any atom is 0.248 e. The van der Waals surface area contributed by atoms with Crippen molar-refractivity contribution < 1.29 is 4.74 Å². The van der Waals surface area contributed by atoms with E-state index < -0.39 is 0 Å². The van der Waals surface area contributed by atoms with Crippen molar-refractivity contribution >= 4 is 16.6 Å². The first-order valence-corrected chi connectivity index (χ1v) is 4.59. The summed E-state index contributed by atoms with van der Waals surface area (Å²) >= 11 is 0. The van der Waals surface area contributed by atoms with Gasteiger partial charge in [-0.2, -0.15) is 0 Å². The summed E-state index contributed by atoms with van der Waals surface area (Å²) in [6.07, 6.45) is 0. The average molecular weight is 204 g/mol. The summed E-state index contributed by atoms with van der Waals surface area (Å²) in [5.41, 5.74) is 7.69. The Morgan fingerprint density at radius 3 is 2.80 bits per heavy atom. The fourth-order valence-corrected chi connectivity index (χ4v) is 1.71. The number of fused-ring (bicyclic) bond motifs is 1. The van der Waals surface area contributed by atoms with Gasteiger partial charge in [0, 0.05) is 11.5 Å². The first-order chi connectivity index (χ1) is 7.13. The van der Waals surface area contributed by atoms with Crippen LogP contribution < -0.4 is 16.0 Å². The largest absolute Gasteiger partial charge is 0.492 e. The molecule has 0 aliphatic heterocycles. The molecule has 2 rings (SSSR count). The molecule has 0 spiro atoms. The van der Waals surface area contributed by atoms with E-state index >= 15 is 0 Å². The Morgan fingerprint density at radius 2 is 2.13 bits per heavy atom. The first kappa shape index (κ1) is 9.58. The number of methoxy groups -OCH3 is 1. The van der Waals surface area contributed by atoms with Crippen LogP contribution in [0.2, 0.25) is 0 Å². The summed E-state index contributed by atoms with van der Waals surface area (Å²) in [7, 11) is 1.53. The fourth-order valence-electron chi connectivity index (χ4n) is 1.71. The standard InChI is InChI=1S/C11H12N2O2/c1-6-5-9(14)13-10-7(6)3-4-8(12)11(10)15-2/h3-5H,12H2,1-2H3,(H,13,14). The van der Waals surface area contributed by atoms with Crippen LogP contribution in [0.5, 0.6) is 5.75 Å². The summed E-state index contributed by atoms with van der Waals surface area (Å²) in [6, 6.07) is 5.20. The van der Waals surface area contributed by atoms with E-state index in [4.69, 9.17) is 10.5 Å². The van der Waals surface area contributed by atoms with Gasteiger partial charge in [-0.25, -0.2) is 0 Å². The van der Waals surface area contributed by atoms with Crippen molar-refractivity contribution in [2.24, 2.45) is 0 Å². The van der Waals surface area contributed by atoms with Crippen molar-refractivity contribution in [1.29, 1.82) is 0 Å². The number of aryl methyl sites for hydroxylation is 1. The van der Waals surface area contributed by atoms with Crippen LogP contribution in [0.15, 0.2) is 23.0 Å². The molecule has 0 aliphatic carbocycles. The van der Waals surface area contributed by atoms with Gasteiger partial charge in [-0.3, -0.25) is 4.79 Å². The van der Waals surface area contributed by atoms with Crippen LogP contribution in [0, 0.1) is 6.92 Å². The van der Waals surface area contributed by atoms with Gasteiger partial charge >= 0.3 is 0 Å². The topological polar surface area (TPSA) is 68.1 Å². The molecule has 0 saturated heterocycles. The number of hydrogen-bond donors (Lipinski definition) is 2. The molecule has 3 N–H and O–H groups in total. The van der Waals surface area contributed by atoms with Gasteiger partial charge in [-0.15, -0.1) is 0 Å². The van der Waals surface area contributed by atoms with Gasteiger partial charge < -0.3 is 15.5 Å². The summed E-state index contributed by atoms with van der Waals surface area (Å²) in [5, 5.41) is 0.945. The second kappa shape index (κ2) is 3.31. The molecule has 15 heavy (non-hydrogen) atoms. The number of rotatable bonds is 1. The number of H-pyrrole nitrogens is 1. The molecule has 0 aliphatic rings. The van der Waals surface area contributed by atoms with Crippen LogP contribution in [0.3, 0.4) is 0 Å². The SMILES string of the molecule is COc1c(N)ccc2c(C)cc(=O)[nH]c12. The maximum absolute atomic E-state index is 11.3. The van der Waals surface area contributed by atoms with Crippen LogP contribution in [0.25, 0.3) is 10.9 Å². The number of ether oxygens (including phenoxy) is 1. The van der Waals surface area contributed by atoms with Crippen LogP contribution >= 0.6 is 0 Å². The van der Waals surface area contributed by atoms with Crippen molar-refractivity contribution in [3.8, 4) is 5.75 Å². The number of nitrogens with two attached hydrogens (primary N) is 1. The fraction of sp³-hybridized carbons (Fsp3) is 0.182. The smallest absolute Gasteiger partial charge is 0.248 e. The predicted octanol–water partition coefficient (Wildman–Crippen LogP) is 1.43. The lowest BCUT2D eigenvalue weighted by Gasteiger charge is -2.09. The number of pyridine rings is 1. The molecular formula is C11H12N2O2. The maximum atomic E-state index is 11.3. The molecular weight excluding hydrogens is 192 g/mol. The summed E-state index contributed by atoms with van der Waals surface area (Å²) in [5.74, 6) is 0.522. The van der Waals surface area contributed by atoms with E-state index in [-0.39, 0.29) is 5.56 Å². The molecule has 0 unspecified atom stereocenters. The second-order valence-electron chi connectivity index (χ2n) is 3.43. The van der Waals surface area contributed by atoms with Crippen molar-refractivity contribution in [1.82, 2.24) is 4.98 Å². The Morgan fingerprint density at radius 1 is 1.40 bits per heavy atom. The van der Waals surface area contributed by atoms with E-state index in [0.717, 1.165) is 10.9 Å². The Hall–Kier alpha value is -1.97. The highest BCUT2D eigenvalue weighted by Gasteiger charge is 2.08. The number of hydrogen-bond acceptors (Lipinski definition) is 3. The molecule has 0 fully saturated rings. The number of aromatic nitrogens is 1. The molecule has 78 valence electrons. The number of nitrogen functional groups attached to an aromatic ring is 1. The molecule has 1 heterocycles. The van der Waals surface area contributed by atoms with Crippen molar-refractivity contribution in [2.75, 3.05) is 12.8 Å². The lowest BCUT2D eigenvalue weighted by atomic mass is 10.1. The minimum atomic E-state index is -0.149. The van der Waals surface area contributed by atoms with Gasteiger partial charge in [0.25, 0.3) is 0 Å². The molecule has 0 bridgehead atoms. The number of aromatic amines is 1. The summed E-state index contributed by atoms with van der Waals surface area (Å²) in [6.45, 7) is 1.88. The Kier molecular flexibility index (Phi) is 2.11. The quantitative estimate of drug-likeness (QED) is 0.690.